The maximum atomic E-state index is 11.9. The van der Waals surface area contributed by atoms with Crippen molar-refractivity contribution in [3.63, 3.8) is 0 Å². The highest BCUT2D eigenvalue weighted by Crippen LogP contribution is 2.48. The van der Waals surface area contributed by atoms with Crippen LogP contribution in [0, 0.1) is 11.3 Å². The van der Waals surface area contributed by atoms with Gasteiger partial charge in [0, 0.05) is 20.3 Å². The third-order valence-electron chi connectivity index (χ3n) is 3.54. The molecule has 94 valence electrons. The molecule has 4 nitrogen and oxygen atoms in total. The molecule has 1 aliphatic carbocycles. The van der Waals surface area contributed by atoms with Crippen molar-refractivity contribution in [3.05, 3.63) is 0 Å². The molecule has 0 spiro atoms. The number of hydrogen-bond donors (Lipinski definition) is 1. The SMILES string of the molecule is COCCCCC(CN)(C(=O)OC)C1CC1. The Kier molecular flexibility index (Phi) is 5.22. The molecule has 0 aromatic carbocycles. The van der Waals surface area contributed by atoms with Crippen molar-refractivity contribution >= 4 is 5.97 Å². The Labute approximate surface area is 97.5 Å². The average molecular weight is 229 g/mol. The van der Waals surface area contributed by atoms with Gasteiger partial charge in [0.15, 0.2) is 0 Å². The molecule has 0 bridgehead atoms. The molecule has 1 unspecified atom stereocenters. The molecule has 1 saturated carbocycles. The number of unbranched alkanes of at least 4 members (excludes halogenated alkanes) is 1. The third-order valence-corrected chi connectivity index (χ3v) is 3.54. The lowest BCUT2D eigenvalue weighted by Crippen LogP contribution is -2.41. The first-order chi connectivity index (χ1) is 7.71. The first-order valence-corrected chi connectivity index (χ1v) is 5.98. The van der Waals surface area contributed by atoms with Gasteiger partial charge in [-0.2, -0.15) is 0 Å². The smallest absolute Gasteiger partial charge is 0.313 e. The fourth-order valence-electron chi connectivity index (χ4n) is 2.35. The van der Waals surface area contributed by atoms with Gasteiger partial charge in [-0.3, -0.25) is 4.79 Å². The minimum atomic E-state index is -0.428. The van der Waals surface area contributed by atoms with E-state index in [4.69, 9.17) is 15.2 Å². The zero-order valence-electron chi connectivity index (χ0n) is 10.3. The summed E-state index contributed by atoms with van der Waals surface area (Å²) in [6.45, 7) is 1.14. The molecule has 0 amide bonds. The summed E-state index contributed by atoms with van der Waals surface area (Å²) >= 11 is 0. The number of ether oxygens (including phenoxy) is 2. The van der Waals surface area contributed by atoms with E-state index in [0.29, 0.717) is 12.5 Å². The molecule has 0 aromatic heterocycles. The number of esters is 1. The summed E-state index contributed by atoms with van der Waals surface area (Å²) in [5, 5.41) is 0. The number of carbonyl (C=O) groups is 1. The summed E-state index contributed by atoms with van der Waals surface area (Å²) in [6.07, 6.45) is 4.98. The Morgan fingerprint density at radius 2 is 2.06 bits per heavy atom. The summed E-state index contributed by atoms with van der Waals surface area (Å²) in [5.74, 6) is 0.308. The summed E-state index contributed by atoms with van der Waals surface area (Å²) in [6, 6.07) is 0. The van der Waals surface area contributed by atoms with Crippen LogP contribution in [-0.4, -0.2) is 33.3 Å². The summed E-state index contributed by atoms with van der Waals surface area (Å²) in [7, 11) is 3.14. The molecule has 1 atom stereocenters. The highest BCUT2D eigenvalue weighted by molar-refractivity contribution is 5.78. The standard InChI is InChI=1S/C12H23NO3/c1-15-8-4-3-7-12(9-13,10-5-6-10)11(14)16-2/h10H,3-9,13H2,1-2H3. The van der Waals surface area contributed by atoms with Gasteiger partial charge in [0.2, 0.25) is 0 Å². The van der Waals surface area contributed by atoms with Crippen molar-refractivity contribution in [1.82, 2.24) is 0 Å². The number of methoxy groups -OCH3 is 2. The van der Waals surface area contributed by atoms with Gasteiger partial charge in [-0.1, -0.05) is 0 Å². The van der Waals surface area contributed by atoms with Crippen molar-refractivity contribution < 1.29 is 14.3 Å². The monoisotopic (exact) mass is 229 g/mol. The maximum Gasteiger partial charge on any atom is 0.313 e. The number of nitrogens with two attached hydrogens (primary N) is 1. The van der Waals surface area contributed by atoms with Crippen LogP contribution in [0.2, 0.25) is 0 Å². The third kappa shape index (κ3) is 2.95. The first kappa shape index (κ1) is 13.5. The second kappa shape index (κ2) is 6.21. The van der Waals surface area contributed by atoms with Gasteiger partial charge >= 0.3 is 5.97 Å². The minimum Gasteiger partial charge on any atom is -0.469 e. The van der Waals surface area contributed by atoms with Crippen LogP contribution < -0.4 is 5.73 Å². The molecule has 4 heteroatoms. The minimum absolute atomic E-state index is 0.130. The van der Waals surface area contributed by atoms with Crippen LogP contribution in [0.25, 0.3) is 0 Å². The predicted octanol–water partition coefficient (Wildman–Crippen LogP) is 1.33. The van der Waals surface area contributed by atoms with Crippen LogP contribution in [0.3, 0.4) is 0 Å². The van der Waals surface area contributed by atoms with Gasteiger partial charge in [-0.05, 0) is 38.0 Å². The molecule has 0 saturated heterocycles. The zero-order valence-corrected chi connectivity index (χ0v) is 10.3. The second-order valence-electron chi connectivity index (χ2n) is 4.58. The summed E-state index contributed by atoms with van der Waals surface area (Å²) < 4.78 is 9.92. The van der Waals surface area contributed by atoms with E-state index in [9.17, 15) is 4.79 Å². The largest absolute Gasteiger partial charge is 0.469 e. The molecule has 0 heterocycles. The molecule has 0 radical (unpaired) electrons. The highest BCUT2D eigenvalue weighted by atomic mass is 16.5. The summed E-state index contributed by atoms with van der Waals surface area (Å²) in [5.41, 5.74) is 5.38. The first-order valence-electron chi connectivity index (χ1n) is 5.98. The van der Waals surface area contributed by atoms with Crippen molar-refractivity contribution in [2.45, 2.75) is 32.1 Å². The normalized spacial score (nSPS) is 19.2. The maximum absolute atomic E-state index is 11.9. The van der Waals surface area contributed by atoms with E-state index in [1.807, 2.05) is 0 Å². The Hall–Kier alpha value is -0.610. The molecule has 1 rings (SSSR count). The molecule has 0 aromatic rings. The van der Waals surface area contributed by atoms with Crippen LogP contribution >= 0.6 is 0 Å². The van der Waals surface area contributed by atoms with Gasteiger partial charge in [-0.25, -0.2) is 0 Å². The van der Waals surface area contributed by atoms with Crippen LogP contribution in [0.4, 0.5) is 0 Å². The molecule has 16 heavy (non-hydrogen) atoms. The quantitative estimate of drug-likeness (QED) is 0.504. The predicted molar refractivity (Wildman–Crippen MR) is 62.0 cm³/mol. The fraction of sp³-hybridized carbons (Fsp3) is 0.917. The Balaban J connectivity index is 2.52. The lowest BCUT2D eigenvalue weighted by molar-refractivity contribution is -0.154. The van der Waals surface area contributed by atoms with E-state index in [-0.39, 0.29) is 5.97 Å². The van der Waals surface area contributed by atoms with Crippen molar-refractivity contribution in [3.8, 4) is 0 Å². The molecule has 1 aliphatic rings. The van der Waals surface area contributed by atoms with E-state index in [1.165, 1.54) is 7.11 Å². The lowest BCUT2D eigenvalue weighted by Gasteiger charge is -2.29. The molecular weight excluding hydrogens is 206 g/mol. The van der Waals surface area contributed by atoms with Crippen LogP contribution in [-0.2, 0) is 14.3 Å². The Morgan fingerprint density at radius 3 is 2.50 bits per heavy atom. The van der Waals surface area contributed by atoms with E-state index in [1.54, 1.807) is 7.11 Å². The van der Waals surface area contributed by atoms with Crippen molar-refractivity contribution in [2.75, 3.05) is 27.4 Å². The van der Waals surface area contributed by atoms with Crippen LogP contribution in [0.1, 0.15) is 32.1 Å². The zero-order chi connectivity index (χ0) is 12.0. The number of hydrogen-bond acceptors (Lipinski definition) is 4. The van der Waals surface area contributed by atoms with Gasteiger partial charge in [0.05, 0.1) is 12.5 Å². The molecule has 1 fully saturated rings. The fourth-order valence-corrected chi connectivity index (χ4v) is 2.35. The second-order valence-corrected chi connectivity index (χ2v) is 4.58. The molecular formula is C12H23NO3. The molecule has 0 aliphatic heterocycles. The van der Waals surface area contributed by atoms with Crippen molar-refractivity contribution in [2.24, 2.45) is 17.1 Å². The van der Waals surface area contributed by atoms with Gasteiger partial charge < -0.3 is 15.2 Å². The van der Waals surface area contributed by atoms with Crippen molar-refractivity contribution in [1.29, 1.82) is 0 Å². The van der Waals surface area contributed by atoms with Gasteiger partial charge in [0.1, 0.15) is 0 Å². The highest BCUT2D eigenvalue weighted by Gasteiger charge is 2.50. The number of rotatable bonds is 8. The average Bonchev–Trinajstić information content (AvgIpc) is 3.13. The number of carbonyl (C=O) groups excluding carboxylic acids is 1. The van der Waals surface area contributed by atoms with E-state index in [0.717, 1.165) is 38.7 Å². The molecule has 2 N–H and O–H groups in total. The van der Waals surface area contributed by atoms with Gasteiger partial charge in [-0.15, -0.1) is 0 Å². The van der Waals surface area contributed by atoms with Crippen LogP contribution in [0.15, 0.2) is 0 Å². The topological polar surface area (TPSA) is 61.5 Å². The van der Waals surface area contributed by atoms with Crippen LogP contribution in [0.5, 0.6) is 0 Å². The Morgan fingerprint density at radius 1 is 1.38 bits per heavy atom. The van der Waals surface area contributed by atoms with E-state index >= 15 is 0 Å². The lowest BCUT2D eigenvalue weighted by atomic mass is 9.78. The van der Waals surface area contributed by atoms with Gasteiger partial charge in [0.25, 0.3) is 0 Å². The summed E-state index contributed by atoms with van der Waals surface area (Å²) in [4.78, 5) is 11.9. The van der Waals surface area contributed by atoms with E-state index < -0.39 is 5.41 Å². The van der Waals surface area contributed by atoms with E-state index in [2.05, 4.69) is 0 Å². The Bertz CT molecular complexity index is 228.